The number of amides is 2. The molecule has 1 aromatic carbocycles. The Kier molecular flexibility index (Phi) is 9.25. The van der Waals surface area contributed by atoms with Crippen LogP contribution in [0.25, 0.3) is 11.1 Å². The highest BCUT2D eigenvalue weighted by Gasteiger charge is 2.25. The Labute approximate surface area is 202 Å². The molecule has 0 aliphatic carbocycles. The van der Waals surface area contributed by atoms with Gasteiger partial charge in [-0.2, -0.15) is 0 Å². The molecule has 1 fully saturated rings. The third-order valence-corrected chi connectivity index (χ3v) is 6.49. The summed E-state index contributed by atoms with van der Waals surface area (Å²) in [4.78, 5) is 41.4. The number of ether oxygens (including phenoxy) is 1. The zero-order valence-electron chi connectivity index (χ0n) is 18.9. The molecule has 1 aliphatic heterocycles. The largest absolute Gasteiger partial charge is 0.462 e. The number of likely N-dealkylation sites (N-methyl/N-ethyl adjacent to an activating group) is 1. The molecular weight excluding hydrogens is 464 g/mol. The highest BCUT2D eigenvalue weighted by atomic mass is 35.5. The number of hydrogen-bond acceptors (Lipinski definition) is 7. The minimum atomic E-state index is -0.497. The smallest absolute Gasteiger partial charge is 0.341 e. The van der Waals surface area contributed by atoms with Gasteiger partial charge in [0.2, 0.25) is 11.8 Å². The Hall–Kier alpha value is -2.46. The standard InChI is InChI=1S/C23H29ClN4O4S/c1-3-25-19(29)13-27-9-11-28(12-10-27)14-20(30)26-22-21(23(31)32-4-2)17(15-33-22)16-7-5-6-8-18(16)24/h5-8,15H,3-4,9-14H2,1-2H3,(H,25,29)(H,26,30). The second kappa shape index (κ2) is 12.1. The van der Waals surface area contributed by atoms with Crippen molar-refractivity contribution in [3.63, 3.8) is 0 Å². The minimum Gasteiger partial charge on any atom is -0.462 e. The summed E-state index contributed by atoms with van der Waals surface area (Å²) >= 11 is 7.62. The van der Waals surface area contributed by atoms with Crippen molar-refractivity contribution < 1.29 is 19.1 Å². The van der Waals surface area contributed by atoms with Gasteiger partial charge in [-0.25, -0.2) is 4.79 Å². The molecule has 0 unspecified atom stereocenters. The van der Waals surface area contributed by atoms with Crippen molar-refractivity contribution in [1.82, 2.24) is 15.1 Å². The number of nitrogens with zero attached hydrogens (tertiary/aromatic N) is 2. The Morgan fingerprint density at radius 2 is 1.64 bits per heavy atom. The number of anilines is 1. The average molecular weight is 493 g/mol. The second-order valence-electron chi connectivity index (χ2n) is 7.61. The molecule has 3 rings (SSSR count). The summed E-state index contributed by atoms with van der Waals surface area (Å²) in [6.45, 7) is 7.86. The lowest BCUT2D eigenvalue weighted by atomic mass is 10.0. The molecule has 8 nitrogen and oxygen atoms in total. The first kappa shape index (κ1) is 25.2. The molecule has 2 amide bonds. The number of carbonyl (C=O) groups excluding carboxylic acids is 3. The molecule has 1 aromatic heterocycles. The van der Waals surface area contributed by atoms with Gasteiger partial charge in [-0.1, -0.05) is 29.8 Å². The van der Waals surface area contributed by atoms with Gasteiger partial charge in [0.25, 0.3) is 0 Å². The maximum Gasteiger partial charge on any atom is 0.341 e. The Morgan fingerprint density at radius 3 is 2.24 bits per heavy atom. The summed E-state index contributed by atoms with van der Waals surface area (Å²) in [5.41, 5.74) is 1.66. The highest BCUT2D eigenvalue weighted by molar-refractivity contribution is 7.15. The van der Waals surface area contributed by atoms with Gasteiger partial charge in [0.05, 0.1) is 19.7 Å². The fourth-order valence-corrected chi connectivity index (χ4v) is 4.87. The van der Waals surface area contributed by atoms with E-state index in [-0.39, 0.29) is 25.0 Å². The Balaban J connectivity index is 1.65. The molecule has 33 heavy (non-hydrogen) atoms. The first-order valence-electron chi connectivity index (χ1n) is 11.0. The lowest BCUT2D eigenvalue weighted by molar-refractivity contribution is -0.123. The minimum absolute atomic E-state index is 0.0159. The van der Waals surface area contributed by atoms with E-state index in [1.54, 1.807) is 13.0 Å². The molecule has 2 aromatic rings. The fraction of sp³-hybridized carbons (Fsp3) is 0.435. The van der Waals surface area contributed by atoms with E-state index in [9.17, 15) is 14.4 Å². The molecule has 0 atom stereocenters. The van der Waals surface area contributed by atoms with Gasteiger partial charge < -0.3 is 15.4 Å². The molecule has 2 heterocycles. The molecule has 178 valence electrons. The number of piperazine rings is 1. The van der Waals surface area contributed by atoms with Crippen LogP contribution in [-0.2, 0) is 14.3 Å². The number of hydrogen-bond donors (Lipinski definition) is 2. The molecular formula is C23H29ClN4O4S. The van der Waals surface area contributed by atoms with Gasteiger partial charge in [-0.3, -0.25) is 19.4 Å². The van der Waals surface area contributed by atoms with Gasteiger partial charge >= 0.3 is 5.97 Å². The Bertz CT molecular complexity index is 989. The van der Waals surface area contributed by atoms with E-state index in [0.29, 0.717) is 66.0 Å². The van der Waals surface area contributed by atoms with Gasteiger partial charge in [-0.15, -0.1) is 11.3 Å². The highest BCUT2D eigenvalue weighted by Crippen LogP contribution is 2.39. The maximum atomic E-state index is 12.8. The van der Waals surface area contributed by atoms with Crippen molar-refractivity contribution in [1.29, 1.82) is 0 Å². The summed E-state index contributed by atoms with van der Waals surface area (Å²) in [7, 11) is 0. The summed E-state index contributed by atoms with van der Waals surface area (Å²) in [6.07, 6.45) is 0. The van der Waals surface area contributed by atoms with E-state index in [4.69, 9.17) is 16.3 Å². The molecule has 2 N–H and O–H groups in total. The van der Waals surface area contributed by atoms with Crippen LogP contribution in [0.15, 0.2) is 29.6 Å². The van der Waals surface area contributed by atoms with Crippen LogP contribution >= 0.6 is 22.9 Å². The molecule has 1 saturated heterocycles. The zero-order chi connectivity index (χ0) is 23.8. The number of thiophene rings is 1. The summed E-state index contributed by atoms with van der Waals surface area (Å²) in [5, 5.41) is 8.46. The third-order valence-electron chi connectivity index (χ3n) is 5.26. The van der Waals surface area contributed by atoms with E-state index in [2.05, 4.69) is 15.5 Å². The predicted octanol–water partition coefficient (Wildman–Crippen LogP) is 2.94. The number of rotatable bonds is 9. The zero-order valence-corrected chi connectivity index (χ0v) is 20.4. The molecule has 0 radical (unpaired) electrons. The van der Waals surface area contributed by atoms with E-state index < -0.39 is 5.97 Å². The van der Waals surface area contributed by atoms with Gasteiger partial charge in [0.1, 0.15) is 10.6 Å². The Morgan fingerprint density at radius 1 is 1.00 bits per heavy atom. The SMILES string of the molecule is CCNC(=O)CN1CCN(CC(=O)Nc2scc(-c3ccccc3Cl)c2C(=O)OCC)CC1. The summed E-state index contributed by atoms with van der Waals surface area (Å²) < 4.78 is 5.25. The number of nitrogens with one attached hydrogen (secondary N) is 2. The normalized spacial score (nSPS) is 14.6. The van der Waals surface area contributed by atoms with E-state index in [0.717, 1.165) is 0 Å². The number of carbonyl (C=O) groups is 3. The van der Waals surface area contributed by atoms with Crippen molar-refractivity contribution in [2.75, 3.05) is 57.7 Å². The third kappa shape index (κ3) is 6.77. The van der Waals surface area contributed by atoms with Crippen molar-refractivity contribution in [2.45, 2.75) is 13.8 Å². The van der Waals surface area contributed by atoms with Crippen molar-refractivity contribution in [3.8, 4) is 11.1 Å². The summed E-state index contributed by atoms with van der Waals surface area (Å²) in [6, 6.07) is 7.25. The van der Waals surface area contributed by atoms with Crippen molar-refractivity contribution >= 4 is 45.7 Å². The van der Waals surface area contributed by atoms with Crippen LogP contribution < -0.4 is 10.6 Å². The van der Waals surface area contributed by atoms with Crippen LogP contribution in [0.2, 0.25) is 5.02 Å². The fourth-order valence-electron chi connectivity index (χ4n) is 3.66. The van der Waals surface area contributed by atoms with Crippen LogP contribution in [0.3, 0.4) is 0 Å². The summed E-state index contributed by atoms with van der Waals surface area (Å²) in [5.74, 6) is -0.685. The topological polar surface area (TPSA) is 91.0 Å². The molecule has 10 heteroatoms. The predicted molar refractivity (Wildman–Crippen MR) is 131 cm³/mol. The quantitative estimate of drug-likeness (QED) is 0.523. The number of benzene rings is 1. The van der Waals surface area contributed by atoms with E-state index in [1.165, 1.54) is 11.3 Å². The molecule has 0 spiro atoms. The van der Waals surface area contributed by atoms with Crippen molar-refractivity contribution in [3.05, 3.63) is 40.2 Å². The average Bonchev–Trinajstić information content (AvgIpc) is 3.19. The number of halogens is 1. The maximum absolute atomic E-state index is 12.8. The van der Waals surface area contributed by atoms with Crippen LogP contribution in [0.1, 0.15) is 24.2 Å². The monoisotopic (exact) mass is 492 g/mol. The first-order chi connectivity index (χ1) is 15.9. The van der Waals surface area contributed by atoms with Crippen LogP contribution in [0, 0.1) is 0 Å². The van der Waals surface area contributed by atoms with Gasteiger partial charge in [0.15, 0.2) is 0 Å². The van der Waals surface area contributed by atoms with E-state index >= 15 is 0 Å². The van der Waals surface area contributed by atoms with E-state index in [1.807, 2.05) is 35.4 Å². The van der Waals surface area contributed by atoms with Gasteiger partial charge in [0, 0.05) is 54.3 Å². The van der Waals surface area contributed by atoms with Crippen LogP contribution in [0.4, 0.5) is 5.00 Å². The number of esters is 1. The molecule has 1 aliphatic rings. The first-order valence-corrected chi connectivity index (χ1v) is 12.2. The van der Waals surface area contributed by atoms with Crippen LogP contribution in [-0.4, -0.2) is 80.0 Å². The lowest BCUT2D eigenvalue weighted by Crippen LogP contribution is -2.51. The van der Waals surface area contributed by atoms with Crippen molar-refractivity contribution in [2.24, 2.45) is 0 Å². The molecule has 0 saturated carbocycles. The van der Waals surface area contributed by atoms with Crippen LogP contribution in [0.5, 0.6) is 0 Å². The lowest BCUT2D eigenvalue weighted by Gasteiger charge is -2.33. The van der Waals surface area contributed by atoms with Gasteiger partial charge in [-0.05, 0) is 19.9 Å². The molecule has 0 bridgehead atoms. The second-order valence-corrected chi connectivity index (χ2v) is 8.89.